The lowest BCUT2D eigenvalue weighted by Gasteiger charge is -2.17. The van der Waals surface area contributed by atoms with Crippen molar-refractivity contribution in [3.05, 3.63) is 30.5 Å². The molecule has 0 aliphatic carbocycles. The first-order valence-corrected chi connectivity index (χ1v) is 5.95. The number of allylic oxidation sites excluding steroid dienone is 1. The largest absolute Gasteiger partial charge is 0.357 e. The molecule has 17 heavy (non-hydrogen) atoms. The van der Waals surface area contributed by atoms with Gasteiger partial charge < -0.3 is 5.32 Å². The fraction of sp³-hybridized carbons (Fsp3) is 0.357. The smallest absolute Gasteiger partial charge is 0.151 e. The summed E-state index contributed by atoms with van der Waals surface area (Å²) in [5.74, 6) is 3.98. The van der Waals surface area contributed by atoms with E-state index < -0.39 is 0 Å². The molecule has 0 aromatic carbocycles. The number of nitrogens with one attached hydrogen (secondary N) is 1. The Bertz CT molecular complexity index is 468. The van der Waals surface area contributed by atoms with Gasteiger partial charge in [-0.05, 0) is 31.4 Å². The van der Waals surface area contributed by atoms with Crippen LogP contribution in [0.3, 0.4) is 0 Å². The van der Waals surface area contributed by atoms with E-state index in [0.29, 0.717) is 6.54 Å². The first-order valence-electron chi connectivity index (χ1n) is 5.95. The van der Waals surface area contributed by atoms with E-state index in [9.17, 15) is 0 Å². The second-order valence-corrected chi connectivity index (χ2v) is 3.93. The van der Waals surface area contributed by atoms with Crippen molar-refractivity contribution < 1.29 is 0 Å². The Hall–Kier alpha value is -1.95. The molecule has 0 radical (unpaired) electrons. The molecule has 88 valence electrons. The molecule has 2 rings (SSSR count). The molecule has 3 nitrogen and oxygen atoms in total. The van der Waals surface area contributed by atoms with Gasteiger partial charge in [0.05, 0.1) is 12.2 Å². The van der Waals surface area contributed by atoms with Gasteiger partial charge in [-0.3, -0.25) is 4.90 Å². The van der Waals surface area contributed by atoms with Crippen LogP contribution in [0.15, 0.2) is 24.9 Å². The van der Waals surface area contributed by atoms with E-state index in [4.69, 9.17) is 0 Å². The fourth-order valence-electron chi connectivity index (χ4n) is 1.81. The van der Waals surface area contributed by atoms with Crippen molar-refractivity contribution >= 4 is 11.5 Å². The second kappa shape index (κ2) is 5.40. The molecule has 2 heterocycles. The van der Waals surface area contributed by atoms with Crippen LogP contribution in [-0.2, 0) is 6.42 Å². The van der Waals surface area contributed by atoms with Crippen LogP contribution in [0.1, 0.15) is 18.9 Å². The number of aromatic nitrogens is 1. The zero-order valence-electron chi connectivity index (χ0n) is 10.2. The molecule has 1 aliphatic rings. The van der Waals surface area contributed by atoms with Crippen molar-refractivity contribution in [2.24, 2.45) is 0 Å². The van der Waals surface area contributed by atoms with Gasteiger partial charge in [0.25, 0.3) is 0 Å². The van der Waals surface area contributed by atoms with Crippen molar-refractivity contribution in [2.75, 3.05) is 23.3 Å². The first kappa shape index (κ1) is 11.5. The van der Waals surface area contributed by atoms with Crippen molar-refractivity contribution in [3.63, 3.8) is 0 Å². The summed E-state index contributed by atoms with van der Waals surface area (Å²) in [6, 6.07) is 5.30. The van der Waals surface area contributed by atoms with Gasteiger partial charge in [-0.15, -0.1) is 6.58 Å². The number of rotatable bonds is 4. The summed E-state index contributed by atoms with van der Waals surface area (Å²) >= 11 is 0. The molecule has 0 saturated carbocycles. The van der Waals surface area contributed by atoms with Gasteiger partial charge in [0.15, 0.2) is 5.82 Å². The molecule has 0 unspecified atom stereocenters. The minimum atomic E-state index is 0.655. The van der Waals surface area contributed by atoms with Gasteiger partial charge in [0.2, 0.25) is 0 Å². The number of aryl methyl sites for hydroxylation is 1. The van der Waals surface area contributed by atoms with Crippen LogP contribution >= 0.6 is 0 Å². The van der Waals surface area contributed by atoms with E-state index >= 15 is 0 Å². The summed E-state index contributed by atoms with van der Waals surface area (Å²) in [6.07, 6.45) is 5.82. The standard InChI is InChI=1S/C14H17N3/c1-3-5-7-12-10-13-14(16-11-12)15-8-6-9-17(13)4-2/h3,10-11H,1,4-5,7-8H2,2H3,(H,15,16). The molecule has 1 aromatic heterocycles. The van der Waals surface area contributed by atoms with Crippen LogP contribution in [0, 0.1) is 12.0 Å². The Balaban J connectivity index is 2.31. The van der Waals surface area contributed by atoms with Crippen molar-refractivity contribution in [3.8, 4) is 12.0 Å². The fourth-order valence-corrected chi connectivity index (χ4v) is 1.81. The third-order valence-electron chi connectivity index (χ3n) is 2.73. The normalized spacial score (nSPS) is 12.9. The number of anilines is 2. The number of hydrogen-bond donors (Lipinski definition) is 1. The Labute approximate surface area is 103 Å². The molecule has 1 aromatic rings. The van der Waals surface area contributed by atoms with Crippen LogP contribution in [0.2, 0.25) is 0 Å². The maximum atomic E-state index is 4.46. The third-order valence-corrected chi connectivity index (χ3v) is 2.73. The molecular formula is C14H17N3. The van der Waals surface area contributed by atoms with Crippen molar-refractivity contribution in [1.82, 2.24) is 4.98 Å². The summed E-state index contributed by atoms with van der Waals surface area (Å²) in [5, 5.41) is 3.23. The third kappa shape index (κ3) is 2.59. The highest BCUT2D eigenvalue weighted by atomic mass is 15.2. The van der Waals surface area contributed by atoms with Crippen molar-refractivity contribution in [2.45, 2.75) is 19.8 Å². The summed E-state index contributed by atoms with van der Waals surface area (Å²) in [7, 11) is 0. The molecule has 0 spiro atoms. The molecule has 0 bridgehead atoms. The summed E-state index contributed by atoms with van der Waals surface area (Å²) in [5.41, 5.74) is 2.31. The molecule has 0 saturated heterocycles. The van der Waals surface area contributed by atoms with E-state index in [1.54, 1.807) is 0 Å². The first-order chi connectivity index (χ1) is 8.35. The lowest BCUT2D eigenvalue weighted by atomic mass is 10.1. The van der Waals surface area contributed by atoms with Gasteiger partial charge in [0, 0.05) is 18.8 Å². The zero-order chi connectivity index (χ0) is 12.1. The summed E-state index contributed by atoms with van der Waals surface area (Å²) in [6.45, 7) is 7.37. The molecule has 1 N–H and O–H groups in total. The predicted molar refractivity (Wildman–Crippen MR) is 72.0 cm³/mol. The van der Waals surface area contributed by atoms with E-state index in [0.717, 1.165) is 30.9 Å². The molecule has 3 heteroatoms. The molecular weight excluding hydrogens is 210 g/mol. The Kier molecular flexibility index (Phi) is 3.66. The highest BCUT2D eigenvalue weighted by molar-refractivity contribution is 5.70. The van der Waals surface area contributed by atoms with E-state index in [2.05, 4.69) is 41.8 Å². The Morgan fingerprint density at radius 1 is 1.65 bits per heavy atom. The molecule has 0 fully saturated rings. The summed E-state index contributed by atoms with van der Waals surface area (Å²) < 4.78 is 0. The predicted octanol–water partition coefficient (Wildman–Crippen LogP) is 2.41. The van der Waals surface area contributed by atoms with Crippen LogP contribution in [-0.4, -0.2) is 18.1 Å². The number of pyridine rings is 1. The van der Waals surface area contributed by atoms with Gasteiger partial charge in [-0.2, -0.15) is 0 Å². The zero-order valence-corrected chi connectivity index (χ0v) is 10.2. The SMILES string of the molecule is C=CCCc1cnc2c(c1)N(CC)C#CCN2. The van der Waals surface area contributed by atoms with Crippen LogP contribution in [0.4, 0.5) is 11.5 Å². The highest BCUT2D eigenvalue weighted by Gasteiger charge is 2.12. The average Bonchev–Trinajstić information content (AvgIpc) is 2.57. The second-order valence-electron chi connectivity index (χ2n) is 3.93. The maximum Gasteiger partial charge on any atom is 0.151 e. The van der Waals surface area contributed by atoms with E-state index in [1.165, 1.54) is 5.56 Å². The molecule has 0 amide bonds. The minimum Gasteiger partial charge on any atom is -0.357 e. The quantitative estimate of drug-likeness (QED) is 0.632. The topological polar surface area (TPSA) is 28.2 Å². The summed E-state index contributed by atoms with van der Waals surface area (Å²) in [4.78, 5) is 6.50. The van der Waals surface area contributed by atoms with Gasteiger partial charge >= 0.3 is 0 Å². The lowest BCUT2D eigenvalue weighted by molar-refractivity contribution is 0.976. The van der Waals surface area contributed by atoms with Crippen LogP contribution < -0.4 is 10.2 Å². The van der Waals surface area contributed by atoms with Gasteiger partial charge in [-0.1, -0.05) is 12.0 Å². The highest BCUT2D eigenvalue weighted by Crippen LogP contribution is 2.25. The molecule has 1 aliphatic heterocycles. The Morgan fingerprint density at radius 3 is 3.29 bits per heavy atom. The van der Waals surface area contributed by atoms with E-state index in [1.807, 2.05) is 17.2 Å². The number of nitrogens with zero attached hydrogens (tertiary/aromatic N) is 2. The van der Waals surface area contributed by atoms with Gasteiger partial charge in [-0.25, -0.2) is 4.98 Å². The van der Waals surface area contributed by atoms with Crippen LogP contribution in [0.5, 0.6) is 0 Å². The van der Waals surface area contributed by atoms with Crippen molar-refractivity contribution in [1.29, 1.82) is 0 Å². The average molecular weight is 227 g/mol. The van der Waals surface area contributed by atoms with Crippen LogP contribution in [0.25, 0.3) is 0 Å². The Morgan fingerprint density at radius 2 is 2.53 bits per heavy atom. The maximum absolute atomic E-state index is 4.46. The van der Waals surface area contributed by atoms with E-state index in [-0.39, 0.29) is 0 Å². The minimum absolute atomic E-state index is 0.655. The molecule has 0 atom stereocenters. The van der Waals surface area contributed by atoms with Gasteiger partial charge in [0.1, 0.15) is 0 Å². The lowest BCUT2D eigenvalue weighted by Crippen LogP contribution is -2.16. The monoisotopic (exact) mass is 227 g/mol. The number of fused-ring (bicyclic) bond motifs is 1. The number of hydrogen-bond acceptors (Lipinski definition) is 3.